The average Bonchev–Trinajstić information content (AvgIpc) is 2.40. The summed E-state index contributed by atoms with van der Waals surface area (Å²) >= 11 is 6.29. The molecule has 1 aromatic heterocycles. The fraction of sp³-hybridized carbons (Fsp3) is 0.176. The summed E-state index contributed by atoms with van der Waals surface area (Å²) in [4.78, 5) is 8.77. The van der Waals surface area contributed by atoms with E-state index in [9.17, 15) is 4.39 Å². The van der Waals surface area contributed by atoms with Crippen LogP contribution in [0.4, 0.5) is 4.39 Å². The quantitative estimate of drug-likeness (QED) is 0.590. The summed E-state index contributed by atoms with van der Waals surface area (Å²) in [5.74, 6) is -0.0286. The van der Waals surface area contributed by atoms with Crippen LogP contribution in [0.1, 0.15) is 16.7 Å². The monoisotopic (exact) mass is 300 g/mol. The third-order valence-corrected chi connectivity index (χ3v) is 3.73. The molecule has 0 aliphatic carbocycles. The maximum Gasteiger partial charge on any atom is 0.164 e. The van der Waals surface area contributed by atoms with E-state index in [4.69, 9.17) is 11.6 Å². The van der Waals surface area contributed by atoms with Crippen molar-refractivity contribution in [2.75, 3.05) is 0 Å². The second kappa shape index (κ2) is 5.08. The Labute approximate surface area is 127 Å². The summed E-state index contributed by atoms with van der Waals surface area (Å²) in [5, 5.41) is 1.17. The predicted molar refractivity (Wildman–Crippen MR) is 84.2 cm³/mol. The van der Waals surface area contributed by atoms with Gasteiger partial charge in [-0.2, -0.15) is 0 Å². The third kappa shape index (κ3) is 2.49. The first-order valence-corrected chi connectivity index (χ1v) is 7.04. The minimum absolute atomic E-state index is 0.318. The Bertz CT molecular complexity index is 859. The van der Waals surface area contributed by atoms with Crippen LogP contribution in [0, 0.1) is 26.6 Å². The largest absolute Gasteiger partial charge is 0.228 e. The van der Waals surface area contributed by atoms with Gasteiger partial charge in [-0.1, -0.05) is 29.3 Å². The topological polar surface area (TPSA) is 25.8 Å². The summed E-state index contributed by atoms with van der Waals surface area (Å²) in [7, 11) is 0. The molecule has 3 aromatic rings. The number of hydrogen-bond acceptors (Lipinski definition) is 2. The van der Waals surface area contributed by atoms with Crippen molar-refractivity contribution < 1.29 is 4.39 Å². The van der Waals surface area contributed by atoms with Gasteiger partial charge in [0, 0.05) is 5.39 Å². The van der Waals surface area contributed by atoms with Gasteiger partial charge in [0.25, 0.3) is 0 Å². The van der Waals surface area contributed by atoms with E-state index in [1.165, 1.54) is 6.07 Å². The number of aryl methyl sites for hydroxylation is 3. The maximum absolute atomic E-state index is 14.0. The zero-order valence-electron chi connectivity index (χ0n) is 12.0. The molecular weight excluding hydrogens is 287 g/mol. The lowest BCUT2D eigenvalue weighted by Crippen LogP contribution is -1.96. The standard InChI is InChI=1S/C17H14ClFN2/c1-9-4-5-13(19)12(7-9)17-20-14-8-10(2)6-11(3)15(14)16(18)21-17/h4-8H,1-3H3. The highest BCUT2D eigenvalue weighted by Crippen LogP contribution is 2.29. The number of halogens is 2. The van der Waals surface area contributed by atoms with E-state index >= 15 is 0 Å². The van der Waals surface area contributed by atoms with Gasteiger partial charge in [0.2, 0.25) is 0 Å². The van der Waals surface area contributed by atoms with Crippen molar-refractivity contribution in [3.05, 3.63) is 58.0 Å². The van der Waals surface area contributed by atoms with Crippen molar-refractivity contribution in [1.29, 1.82) is 0 Å². The zero-order chi connectivity index (χ0) is 15.1. The van der Waals surface area contributed by atoms with Crippen LogP contribution in [0.2, 0.25) is 5.15 Å². The number of hydrogen-bond donors (Lipinski definition) is 0. The third-order valence-electron chi connectivity index (χ3n) is 3.46. The van der Waals surface area contributed by atoms with Gasteiger partial charge in [0.15, 0.2) is 5.82 Å². The van der Waals surface area contributed by atoms with Gasteiger partial charge >= 0.3 is 0 Å². The lowest BCUT2D eigenvalue weighted by molar-refractivity contribution is 0.629. The first kappa shape index (κ1) is 14.0. The van der Waals surface area contributed by atoms with Gasteiger partial charge in [-0.05, 0) is 50.1 Å². The molecule has 3 rings (SSSR count). The van der Waals surface area contributed by atoms with E-state index in [2.05, 4.69) is 9.97 Å². The zero-order valence-corrected chi connectivity index (χ0v) is 12.8. The molecule has 0 amide bonds. The second-order valence-corrected chi connectivity index (χ2v) is 5.66. The predicted octanol–water partition coefficient (Wildman–Crippen LogP) is 5.01. The van der Waals surface area contributed by atoms with E-state index < -0.39 is 0 Å². The van der Waals surface area contributed by atoms with Gasteiger partial charge in [-0.3, -0.25) is 0 Å². The average molecular weight is 301 g/mol. The summed E-state index contributed by atoms with van der Waals surface area (Å²) in [6.45, 7) is 5.87. The molecule has 0 saturated carbocycles. The molecule has 0 spiro atoms. The molecule has 0 aliphatic heterocycles. The van der Waals surface area contributed by atoms with Crippen molar-refractivity contribution in [2.45, 2.75) is 20.8 Å². The molecule has 0 saturated heterocycles. The molecule has 0 N–H and O–H groups in total. The Morgan fingerprint density at radius 1 is 0.952 bits per heavy atom. The summed E-state index contributed by atoms with van der Waals surface area (Å²) in [6.07, 6.45) is 0. The molecule has 0 radical (unpaired) electrons. The van der Waals surface area contributed by atoms with E-state index in [1.54, 1.807) is 12.1 Å². The van der Waals surface area contributed by atoms with Crippen molar-refractivity contribution in [3.8, 4) is 11.4 Å². The van der Waals surface area contributed by atoms with Crippen LogP contribution in [0.25, 0.3) is 22.3 Å². The molecular formula is C17H14ClFN2. The van der Waals surface area contributed by atoms with Crippen LogP contribution >= 0.6 is 11.6 Å². The fourth-order valence-corrected chi connectivity index (χ4v) is 2.85. The molecule has 0 atom stereocenters. The van der Waals surface area contributed by atoms with Crippen molar-refractivity contribution in [3.63, 3.8) is 0 Å². The van der Waals surface area contributed by atoms with Crippen molar-refractivity contribution >= 4 is 22.5 Å². The Morgan fingerprint density at radius 2 is 1.71 bits per heavy atom. The number of rotatable bonds is 1. The van der Waals surface area contributed by atoms with E-state index in [-0.39, 0.29) is 5.82 Å². The van der Waals surface area contributed by atoms with Gasteiger partial charge in [-0.25, -0.2) is 14.4 Å². The number of aromatic nitrogens is 2. The van der Waals surface area contributed by atoms with E-state index in [1.807, 2.05) is 32.9 Å². The van der Waals surface area contributed by atoms with Gasteiger partial charge in [0.1, 0.15) is 11.0 Å². The molecule has 0 unspecified atom stereocenters. The second-order valence-electron chi connectivity index (χ2n) is 5.30. The van der Waals surface area contributed by atoms with Gasteiger partial charge in [0.05, 0.1) is 11.1 Å². The molecule has 4 heteroatoms. The molecule has 1 heterocycles. The van der Waals surface area contributed by atoms with Gasteiger partial charge < -0.3 is 0 Å². The highest BCUT2D eigenvalue weighted by Gasteiger charge is 2.13. The highest BCUT2D eigenvalue weighted by atomic mass is 35.5. The molecule has 0 fully saturated rings. The lowest BCUT2D eigenvalue weighted by atomic mass is 10.1. The fourth-order valence-electron chi connectivity index (χ4n) is 2.52. The van der Waals surface area contributed by atoms with Crippen LogP contribution in [-0.4, -0.2) is 9.97 Å². The number of benzene rings is 2. The number of nitrogens with zero attached hydrogens (tertiary/aromatic N) is 2. The first-order valence-electron chi connectivity index (χ1n) is 6.67. The first-order chi connectivity index (χ1) is 9.95. The van der Waals surface area contributed by atoms with Crippen molar-refractivity contribution in [2.24, 2.45) is 0 Å². The van der Waals surface area contributed by atoms with Crippen LogP contribution in [0.3, 0.4) is 0 Å². The van der Waals surface area contributed by atoms with Crippen molar-refractivity contribution in [1.82, 2.24) is 9.97 Å². The highest BCUT2D eigenvalue weighted by molar-refractivity contribution is 6.34. The Hall–Kier alpha value is -2.00. The van der Waals surface area contributed by atoms with Crippen LogP contribution in [0.5, 0.6) is 0 Å². The molecule has 2 nitrogen and oxygen atoms in total. The summed E-state index contributed by atoms with van der Waals surface area (Å²) in [6, 6.07) is 8.84. The Balaban J connectivity index is 2.32. The van der Waals surface area contributed by atoms with Crippen LogP contribution in [0.15, 0.2) is 30.3 Å². The summed E-state index contributed by atoms with van der Waals surface area (Å²) in [5.41, 5.74) is 4.17. The molecule has 2 aromatic carbocycles. The van der Waals surface area contributed by atoms with Crippen LogP contribution in [-0.2, 0) is 0 Å². The number of fused-ring (bicyclic) bond motifs is 1. The Morgan fingerprint density at radius 3 is 2.48 bits per heavy atom. The normalized spacial score (nSPS) is 11.1. The van der Waals surface area contributed by atoms with E-state index in [0.717, 1.165) is 27.6 Å². The van der Waals surface area contributed by atoms with Gasteiger partial charge in [-0.15, -0.1) is 0 Å². The van der Waals surface area contributed by atoms with Crippen LogP contribution < -0.4 is 0 Å². The molecule has 0 bridgehead atoms. The summed E-state index contributed by atoms with van der Waals surface area (Å²) < 4.78 is 14.0. The lowest BCUT2D eigenvalue weighted by Gasteiger charge is -2.09. The Kier molecular flexibility index (Phi) is 3.38. The molecule has 0 aliphatic rings. The maximum atomic E-state index is 14.0. The molecule has 106 valence electrons. The smallest absolute Gasteiger partial charge is 0.164 e. The minimum Gasteiger partial charge on any atom is -0.228 e. The minimum atomic E-state index is -0.347. The SMILES string of the molecule is Cc1ccc(F)c(-c2nc(Cl)c3c(C)cc(C)cc3n2)c1. The molecule has 21 heavy (non-hydrogen) atoms. The van der Waals surface area contributed by atoms with E-state index in [0.29, 0.717) is 16.5 Å².